The number of amides is 1. The van der Waals surface area contributed by atoms with E-state index in [1.165, 1.54) is 6.07 Å². The first-order valence-corrected chi connectivity index (χ1v) is 5.19. The lowest BCUT2D eigenvalue weighted by Gasteiger charge is -2.16. The molecule has 1 N–H and O–H groups in total. The summed E-state index contributed by atoms with van der Waals surface area (Å²) in [6, 6.07) is 6.44. The molecule has 82 valence electrons. The van der Waals surface area contributed by atoms with Gasteiger partial charge in [-0.1, -0.05) is 19.4 Å². The lowest BCUT2D eigenvalue weighted by atomic mass is 10.2. The number of rotatable bonds is 4. The van der Waals surface area contributed by atoms with Crippen LogP contribution in [0.2, 0.25) is 0 Å². The normalized spacial score (nSPS) is 10.0. The third-order valence-corrected chi connectivity index (χ3v) is 2.29. The van der Waals surface area contributed by atoms with Crippen molar-refractivity contribution in [1.82, 2.24) is 4.90 Å². The Morgan fingerprint density at radius 1 is 1.47 bits per heavy atom. The van der Waals surface area contributed by atoms with Gasteiger partial charge < -0.3 is 10.0 Å². The first-order valence-electron chi connectivity index (χ1n) is 5.19. The molecule has 0 aromatic heterocycles. The van der Waals surface area contributed by atoms with Crippen molar-refractivity contribution in [3.8, 4) is 5.75 Å². The standard InChI is InChI=1S/C12H17NO2/c1-3-4-8-13(2)12(15)10-6-5-7-11(14)9-10/h5-7,9,14H,3-4,8H2,1-2H3. The summed E-state index contributed by atoms with van der Waals surface area (Å²) in [5.74, 6) is 0.0871. The molecule has 0 spiro atoms. The Morgan fingerprint density at radius 2 is 2.20 bits per heavy atom. The van der Waals surface area contributed by atoms with Crippen LogP contribution in [0.1, 0.15) is 30.1 Å². The summed E-state index contributed by atoms with van der Waals surface area (Å²) < 4.78 is 0. The summed E-state index contributed by atoms with van der Waals surface area (Å²) in [7, 11) is 1.78. The van der Waals surface area contributed by atoms with Crippen molar-refractivity contribution in [3.63, 3.8) is 0 Å². The molecule has 3 heteroatoms. The summed E-state index contributed by atoms with van der Waals surface area (Å²) in [5.41, 5.74) is 0.536. The highest BCUT2D eigenvalue weighted by molar-refractivity contribution is 5.94. The van der Waals surface area contributed by atoms with Crippen LogP contribution in [-0.2, 0) is 0 Å². The number of carbonyl (C=O) groups excluding carboxylic acids is 1. The second-order valence-electron chi connectivity index (χ2n) is 3.63. The van der Waals surface area contributed by atoms with Crippen molar-refractivity contribution in [2.24, 2.45) is 0 Å². The molecule has 0 unspecified atom stereocenters. The van der Waals surface area contributed by atoms with E-state index in [1.807, 2.05) is 0 Å². The molecule has 0 aliphatic heterocycles. The molecule has 1 aromatic carbocycles. The number of unbranched alkanes of at least 4 members (excludes halogenated alkanes) is 1. The zero-order valence-electron chi connectivity index (χ0n) is 9.23. The molecule has 1 aromatic rings. The molecule has 0 heterocycles. The Balaban J connectivity index is 2.67. The summed E-state index contributed by atoms with van der Waals surface area (Å²) in [6.07, 6.45) is 2.07. The molecule has 0 radical (unpaired) electrons. The molecule has 0 fully saturated rings. The Hall–Kier alpha value is -1.51. The minimum atomic E-state index is -0.0423. The monoisotopic (exact) mass is 207 g/mol. The van der Waals surface area contributed by atoms with Gasteiger partial charge in [-0.25, -0.2) is 0 Å². The fourth-order valence-electron chi connectivity index (χ4n) is 1.36. The van der Waals surface area contributed by atoms with Gasteiger partial charge in [0.05, 0.1) is 0 Å². The van der Waals surface area contributed by atoms with Gasteiger partial charge in [-0.3, -0.25) is 4.79 Å². The van der Waals surface area contributed by atoms with E-state index >= 15 is 0 Å². The molecule has 0 saturated heterocycles. The van der Waals surface area contributed by atoms with E-state index < -0.39 is 0 Å². The van der Waals surface area contributed by atoms with E-state index in [1.54, 1.807) is 30.1 Å². The highest BCUT2D eigenvalue weighted by atomic mass is 16.3. The maximum absolute atomic E-state index is 11.8. The number of hydrogen-bond donors (Lipinski definition) is 1. The average Bonchev–Trinajstić information content (AvgIpc) is 2.24. The van der Waals surface area contributed by atoms with E-state index in [0.717, 1.165) is 19.4 Å². The van der Waals surface area contributed by atoms with Crippen LogP contribution in [-0.4, -0.2) is 29.5 Å². The van der Waals surface area contributed by atoms with Gasteiger partial charge in [0.1, 0.15) is 5.75 Å². The molecule has 0 saturated carbocycles. The van der Waals surface area contributed by atoms with E-state index in [9.17, 15) is 9.90 Å². The van der Waals surface area contributed by atoms with Crippen molar-refractivity contribution < 1.29 is 9.90 Å². The first kappa shape index (κ1) is 11.6. The second kappa shape index (κ2) is 5.39. The van der Waals surface area contributed by atoms with Gasteiger partial charge in [-0.2, -0.15) is 0 Å². The third kappa shape index (κ3) is 3.27. The Labute approximate surface area is 90.3 Å². The van der Waals surface area contributed by atoms with Crippen LogP contribution in [0.25, 0.3) is 0 Å². The molecule has 1 rings (SSSR count). The fourth-order valence-corrected chi connectivity index (χ4v) is 1.36. The SMILES string of the molecule is CCCCN(C)C(=O)c1cccc(O)c1. The first-order chi connectivity index (χ1) is 7.15. The Morgan fingerprint density at radius 3 is 2.80 bits per heavy atom. The van der Waals surface area contributed by atoms with E-state index in [-0.39, 0.29) is 11.7 Å². The van der Waals surface area contributed by atoms with Gasteiger partial charge in [-0.05, 0) is 24.6 Å². The largest absolute Gasteiger partial charge is 0.508 e. The van der Waals surface area contributed by atoms with E-state index in [2.05, 4.69) is 6.92 Å². The highest BCUT2D eigenvalue weighted by Gasteiger charge is 2.10. The molecule has 1 amide bonds. The second-order valence-corrected chi connectivity index (χ2v) is 3.63. The molecule has 0 aliphatic rings. The smallest absolute Gasteiger partial charge is 0.253 e. The molecular formula is C12H17NO2. The number of hydrogen-bond acceptors (Lipinski definition) is 2. The predicted octanol–water partition coefficient (Wildman–Crippen LogP) is 2.26. The molecule has 0 aliphatic carbocycles. The fraction of sp³-hybridized carbons (Fsp3) is 0.417. The molecule has 15 heavy (non-hydrogen) atoms. The van der Waals surface area contributed by atoms with Gasteiger partial charge in [-0.15, -0.1) is 0 Å². The van der Waals surface area contributed by atoms with Crippen LogP contribution in [0.3, 0.4) is 0 Å². The third-order valence-electron chi connectivity index (χ3n) is 2.29. The van der Waals surface area contributed by atoms with Gasteiger partial charge >= 0.3 is 0 Å². The molecule has 0 bridgehead atoms. The summed E-state index contributed by atoms with van der Waals surface area (Å²) in [6.45, 7) is 2.84. The minimum absolute atomic E-state index is 0.0423. The topological polar surface area (TPSA) is 40.5 Å². The van der Waals surface area contributed by atoms with Crippen LogP contribution in [0.5, 0.6) is 5.75 Å². The van der Waals surface area contributed by atoms with Crippen LogP contribution >= 0.6 is 0 Å². The minimum Gasteiger partial charge on any atom is -0.508 e. The Bertz CT molecular complexity index is 336. The number of nitrogens with zero attached hydrogens (tertiary/aromatic N) is 1. The van der Waals surface area contributed by atoms with Crippen LogP contribution in [0, 0.1) is 0 Å². The van der Waals surface area contributed by atoms with Gasteiger partial charge in [0.2, 0.25) is 0 Å². The van der Waals surface area contributed by atoms with Crippen molar-refractivity contribution in [2.45, 2.75) is 19.8 Å². The van der Waals surface area contributed by atoms with Crippen molar-refractivity contribution in [2.75, 3.05) is 13.6 Å². The van der Waals surface area contributed by atoms with E-state index in [4.69, 9.17) is 0 Å². The molecule has 0 atom stereocenters. The number of phenolic OH excluding ortho intramolecular Hbond substituents is 1. The maximum atomic E-state index is 11.8. The van der Waals surface area contributed by atoms with Gasteiger partial charge in [0.25, 0.3) is 5.91 Å². The molecular weight excluding hydrogens is 190 g/mol. The zero-order valence-corrected chi connectivity index (χ0v) is 9.23. The lowest BCUT2D eigenvalue weighted by Crippen LogP contribution is -2.27. The van der Waals surface area contributed by atoms with Crippen molar-refractivity contribution >= 4 is 5.91 Å². The average molecular weight is 207 g/mol. The molecule has 3 nitrogen and oxygen atoms in total. The number of phenols is 1. The number of carbonyl (C=O) groups is 1. The quantitative estimate of drug-likeness (QED) is 0.822. The van der Waals surface area contributed by atoms with Crippen molar-refractivity contribution in [1.29, 1.82) is 0 Å². The van der Waals surface area contributed by atoms with Crippen molar-refractivity contribution in [3.05, 3.63) is 29.8 Å². The maximum Gasteiger partial charge on any atom is 0.253 e. The lowest BCUT2D eigenvalue weighted by molar-refractivity contribution is 0.0793. The number of benzene rings is 1. The zero-order chi connectivity index (χ0) is 11.3. The highest BCUT2D eigenvalue weighted by Crippen LogP contribution is 2.12. The summed E-state index contributed by atoms with van der Waals surface area (Å²) in [4.78, 5) is 13.5. The van der Waals surface area contributed by atoms with Crippen LogP contribution in [0.15, 0.2) is 24.3 Å². The predicted molar refractivity (Wildman–Crippen MR) is 60.0 cm³/mol. The summed E-state index contributed by atoms with van der Waals surface area (Å²) in [5, 5.41) is 9.25. The Kier molecular flexibility index (Phi) is 4.16. The van der Waals surface area contributed by atoms with Crippen LogP contribution < -0.4 is 0 Å². The van der Waals surface area contributed by atoms with E-state index in [0.29, 0.717) is 5.56 Å². The number of aromatic hydroxyl groups is 1. The van der Waals surface area contributed by atoms with Gasteiger partial charge in [0, 0.05) is 19.2 Å². The van der Waals surface area contributed by atoms with Gasteiger partial charge in [0.15, 0.2) is 0 Å². The summed E-state index contributed by atoms with van der Waals surface area (Å²) >= 11 is 0. The van der Waals surface area contributed by atoms with Crippen LogP contribution in [0.4, 0.5) is 0 Å².